The Morgan fingerprint density at radius 1 is 1.27 bits per heavy atom. The van der Waals surface area contributed by atoms with E-state index >= 15 is 0 Å². The molecule has 1 amide bonds. The van der Waals surface area contributed by atoms with Crippen LogP contribution in [0, 0.1) is 12.7 Å². The van der Waals surface area contributed by atoms with E-state index in [0.717, 1.165) is 23.4 Å². The molecule has 3 aromatic rings. The molecule has 0 aliphatic carbocycles. The van der Waals surface area contributed by atoms with Crippen LogP contribution in [0.5, 0.6) is 0 Å². The minimum absolute atomic E-state index is 0.0268. The first-order valence-corrected chi connectivity index (χ1v) is 9.82. The molecule has 30 heavy (non-hydrogen) atoms. The Morgan fingerprint density at radius 3 is 2.80 bits per heavy atom. The van der Waals surface area contributed by atoms with Crippen LogP contribution in [0.3, 0.4) is 0 Å². The highest BCUT2D eigenvalue weighted by molar-refractivity contribution is 5.98. The van der Waals surface area contributed by atoms with Crippen molar-refractivity contribution in [2.75, 3.05) is 11.9 Å². The number of rotatable bonds is 4. The summed E-state index contributed by atoms with van der Waals surface area (Å²) in [6.45, 7) is 1.85. The molecule has 0 spiro atoms. The van der Waals surface area contributed by atoms with Crippen LogP contribution in [0.4, 0.5) is 10.1 Å². The number of carbonyl (C=O) groups is 1. The fourth-order valence-electron chi connectivity index (χ4n) is 3.70. The predicted octanol–water partition coefficient (Wildman–Crippen LogP) is 3.14. The Balaban J connectivity index is 1.50. The summed E-state index contributed by atoms with van der Waals surface area (Å²) >= 11 is 0. The average molecular weight is 405 g/mol. The number of aryl methyl sites for hydroxylation is 2. The summed E-state index contributed by atoms with van der Waals surface area (Å²) in [7, 11) is 1.78. The molecule has 1 aliphatic heterocycles. The van der Waals surface area contributed by atoms with Gasteiger partial charge < -0.3 is 20.5 Å². The number of nitrogens with two attached hydrogens (primary N) is 1. The highest BCUT2D eigenvalue weighted by atomic mass is 19.1. The van der Waals surface area contributed by atoms with E-state index in [1.54, 1.807) is 47.4 Å². The second kappa shape index (κ2) is 8.02. The lowest BCUT2D eigenvalue weighted by atomic mass is 10.1. The van der Waals surface area contributed by atoms with Gasteiger partial charge in [-0.25, -0.2) is 9.37 Å². The number of para-hydroxylation sites is 1. The lowest BCUT2D eigenvalue weighted by Gasteiger charge is -2.21. The molecule has 3 N–H and O–H groups in total. The van der Waals surface area contributed by atoms with E-state index in [1.807, 2.05) is 31.2 Å². The maximum atomic E-state index is 14.6. The number of aromatic nitrogens is 2. The topological polar surface area (TPSA) is 76.2 Å². The molecule has 2 aromatic carbocycles. The molecule has 0 saturated heterocycles. The maximum Gasteiger partial charge on any atom is 0.249 e. The van der Waals surface area contributed by atoms with Crippen LogP contribution in [-0.2, 0) is 11.2 Å². The Hall–Kier alpha value is -3.61. The first-order chi connectivity index (χ1) is 14.4. The van der Waals surface area contributed by atoms with E-state index < -0.39 is 11.9 Å². The van der Waals surface area contributed by atoms with E-state index in [9.17, 15) is 9.18 Å². The second-order valence-electron chi connectivity index (χ2n) is 7.47. The van der Waals surface area contributed by atoms with Gasteiger partial charge in [0.05, 0.1) is 23.4 Å². The van der Waals surface area contributed by atoms with Crippen LogP contribution in [0.1, 0.15) is 23.2 Å². The Morgan fingerprint density at radius 2 is 2.07 bits per heavy atom. The molecule has 1 atom stereocenters. The summed E-state index contributed by atoms with van der Waals surface area (Å²) in [4.78, 5) is 18.6. The van der Waals surface area contributed by atoms with Gasteiger partial charge in [-0.1, -0.05) is 24.3 Å². The summed E-state index contributed by atoms with van der Waals surface area (Å²) in [6, 6.07) is 12.3. The molecular weight excluding hydrogens is 381 g/mol. The largest absolute Gasteiger partial charge is 0.397 e. The molecule has 0 radical (unpaired) electrons. The van der Waals surface area contributed by atoms with E-state index in [-0.39, 0.29) is 5.91 Å². The molecule has 1 aliphatic rings. The number of hydrogen-bond donors (Lipinski definition) is 2. The molecule has 0 bridgehead atoms. The fourth-order valence-corrected chi connectivity index (χ4v) is 3.70. The number of amides is 1. The summed E-state index contributed by atoms with van der Waals surface area (Å²) in [5, 5.41) is 3.13. The molecule has 1 aromatic heterocycles. The molecule has 6 nitrogen and oxygen atoms in total. The van der Waals surface area contributed by atoms with Gasteiger partial charge in [-0.15, -0.1) is 0 Å². The lowest BCUT2D eigenvalue weighted by Crippen LogP contribution is -2.42. The third kappa shape index (κ3) is 3.78. The Bertz CT molecular complexity index is 1120. The number of nitrogens with one attached hydrogen (secondary N) is 1. The SMILES string of the molecule is Cc1cn(-c2ccc(/C(N)=C/NC3CCc4ccccc4N(C)C3=O)cc2F)cn1. The zero-order valence-electron chi connectivity index (χ0n) is 17.0. The molecule has 7 heteroatoms. The van der Waals surface area contributed by atoms with Crippen molar-refractivity contribution in [2.24, 2.45) is 5.73 Å². The summed E-state index contributed by atoms with van der Waals surface area (Å²) < 4.78 is 16.2. The molecule has 4 rings (SSSR count). The van der Waals surface area contributed by atoms with E-state index in [4.69, 9.17) is 5.73 Å². The van der Waals surface area contributed by atoms with Crippen LogP contribution >= 0.6 is 0 Å². The Kier molecular flexibility index (Phi) is 5.27. The van der Waals surface area contributed by atoms with Crippen molar-refractivity contribution < 1.29 is 9.18 Å². The van der Waals surface area contributed by atoms with Gasteiger partial charge in [0.15, 0.2) is 0 Å². The number of carbonyl (C=O) groups excluding carboxylic acids is 1. The zero-order valence-corrected chi connectivity index (χ0v) is 17.0. The predicted molar refractivity (Wildman–Crippen MR) is 116 cm³/mol. The minimum Gasteiger partial charge on any atom is -0.397 e. The van der Waals surface area contributed by atoms with Crippen molar-refractivity contribution in [3.05, 3.63) is 83.8 Å². The van der Waals surface area contributed by atoms with E-state index in [0.29, 0.717) is 23.4 Å². The van der Waals surface area contributed by atoms with Gasteiger partial charge in [0, 0.05) is 30.7 Å². The first-order valence-electron chi connectivity index (χ1n) is 9.82. The van der Waals surface area contributed by atoms with Gasteiger partial charge in [-0.05, 0) is 43.5 Å². The number of imidazole rings is 1. The molecule has 0 saturated carbocycles. The van der Waals surface area contributed by atoms with Crippen LogP contribution in [0.2, 0.25) is 0 Å². The number of anilines is 1. The summed E-state index contributed by atoms with van der Waals surface area (Å²) in [5.41, 5.74) is 10.3. The van der Waals surface area contributed by atoms with E-state index in [1.165, 1.54) is 6.07 Å². The summed E-state index contributed by atoms with van der Waals surface area (Å²) in [6.07, 6.45) is 6.34. The number of halogens is 1. The normalized spacial score (nSPS) is 16.9. The monoisotopic (exact) mass is 405 g/mol. The number of nitrogens with zero attached hydrogens (tertiary/aromatic N) is 3. The number of hydrogen-bond acceptors (Lipinski definition) is 4. The molecule has 0 fully saturated rings. The quantitative estimate of drug-likeness (QED) is 0.699. The van der Waals surface area contributed by atoms with Gasteiger partial charge in [0.1, 0.15) is 11.9 Å². The van der Waals surface area contributed by atoms with E-state index in [2.05, 4.69) is 10.3 Å². The first kappa shape index (κ1) is 19.7. The number of likely N-dealkylation sites (N-methyl/N-ethyl adjacent to an activating group) is 1. The highest BCUT2D eigenvalue weighted by Crippen LogP contribution is 2.26. The van der Waals surface area contributed by atoms with Gasteiger partial charge in [0.2, 0.25) is 5.91 Å². The highest BCUT2D eigenvalue weighted by Gasteiger charge is 2.27. The number of benzene rings is 2. The molecular formula is C23H24FN5O. The average Bonchev–Trinajstić information content (AvgIpc) is 3.13. The van der Waals surface area contributed by atoms with Crippen LogP contribution < -0.4 is 16.0 Å². The van der Waals surface area contributed by atoms with Crippen molar-refractivity contribution >= 4 is 17.3 Å². The van der Waals surface area contributed by atoms with Crippen molar-refractivity contribution in [3.8, 4) is 5.69 Å². The maximum absolute atomic E-state index is 14.6. The zero-order chi connectivity index (χ0) is 21.3. The molecule has 1 unspecified atom stereocenters. The van der Waals surface area contributed by atoms with Gasteiger partial charge in [0.25, 0.3) is 0 Å². The van der Waals surface area contributed by atoms with Crippen molar-refractivity contribution in [1.29, 1.82) is 0 Å². The van der Waals surface area contributed by atoms with Crippen LogP contribution in [0.25, 0.3) is 11.4 Å². The fraction of sp³-hybridized carbons (Fsp3) is 0.217. The van der Waals surface area contributed by atoms with Crippen molar-refractivity contribution in [2.45, 2.75) is 25.8 Å². The van der Waals surface area contributed by atoms with Crippen molar-refractivity contribution in [1.82, 2.24) is 14.9 Å². The van der Waals surface area contributed by atoms with Gasteiger partial charge >= 0.3 is 0 Å². The Labute approximate surface area is 174 Å². The third-order valence-corrected chi connectivity index (χ3v) is 5.39. The van der Waals surface area contributed by atoms with Crippen LogP contribution in [-0.4, -0.2) is 28.5 Å². The smallest absolute Gasteiger partial charge is 0.249 e. The van der Waals surface area contributed by atoms with Gasteiger partial charge in [-0.3, -0.25) is 4.79 Å². The molecule has 154 valence electrons. The third-order valence-electron chi connectivity index (χ3n) is 5.39. The minimum atomic E-state index is -0.404. The van der Waals surface area contributed by atoms with Crippen molar-refractivity contribution in [3.63, 3.8) is 0 Å². The van der Waals surface area contributed by atoms with Crippen LogP contribution in [0.15, 0.2) is 61.2 Å². The van der Waals surface area contributed by atoms with Gasteiger partial charge in [-0.2, -0.15) is 0 Å². The summed E-state index contributed by atoms with van der Waals surface area (Å²) in [5.74, 6) is -0.428. The number of fused-ring (bicyclic) bond motifs is 1. The standard InChI is InChI=1S/C23H24FN5O/c1-15-13-29(14-27-15)22-10-8-17(11-18(22)24)19(25)12-26-20-9-7-16-5-3-4-6-21(16)28(2)23(20)30/h3-6,8,10-14,20,26H,7,9,25H2,1-2H3/b19-12-. The molecule has 2 heterocycles. The second-order valence-corrected chi connectivity index (χ2v) is 7.47. The lowest BCUT2D eigenvalue weighted by molar-refractivity contribution is -0.120.